The second-order valence-electron chi connectivity index (χ2n) is 5.45. The van der Waals surface area contributed by atoms with Crippen LogP contribution in [0.1, 0.15) is 16.7 Å². The van der Waals surface area contributed by atoms with Gasteiger partial charge in [-0.25, -0.2) is 0 Å². The van der Waals surface area contributed by atoms with Crippen molar-refractivity contribution in [2.45, 2.75) is 13.8 Å². The molecule has 0 saturated carbocycles. The van der Waals surface area contributed by atoms with E-state index in [-0.39, 0.29) is 0 Å². The van der Waals surface area contributed by atoms with Gasteiger partial charge in [-0.15, -0.1) is 0 Å². The summed E-state index contributed by atoms with van der Waals surface area (Å²) in [5.41, 5.74) is 4.43. The molecule has 0 radical (unpaired) electrons. The molecule has 0 fully saturated rings. The van der Waals surface area contributed by atoms with Gasteiger partial charge in [0.1, 0.15) is 5.75 Å². The fraction of sp³-hybridized carbons (Fsp3) is 0.150. The minimum Gasteiger partial charge on any atom is -0.496 e. The Kier molecular flexibility index (Phi) is 3.92. The number of ether oxygens (including phenoxy) is 1. The van der Waals surface area contributed by atoms with E-state index in [0.29, 0.717) is 0 Å². The summed E-state index contributed by atoms with van der Waals surface area (Å²) in [6, 6.07) is 18.6. The zero-order valence-corrected chi connectivity index (χ0v) is 13.1. The van der Waals surface area contributed by atoms with E-state index in [1.807, 2.05) is 24.4 Å². The Morgan fingerprint density at radius 3 is 2.55 bits per heavy atom. The molecular formula is C20H19NO. The van der Waals surface area contributed by atoms with Crippen molar-refractivity contribution in [3.05, 3.63) is 71.3 Å². The van der Waals surface area contributed by atoms with E-state index in [9.17, 15) is 0 Å². The summed E-state index contributed by atoms with van der Waals surface area (Å²) < 4.78 is 5.50. The Hall–Kier alpha value is -2.61. The van der Waals surface area contributed by atoms with Gasteiger partial charge in [0.2, 0.25) is 0 Å². The van der Waals surface area contributed by atoms with Crippen molar-refractivity contribution < 1.29 is 4.74 Å². The molecule has 2 heteroatoms. The molecule has 2 nitrogen and oxygen atoms in total. The van der Waals surface area contributed by atoms with Gasteiger partial charge < -0.3 is 4.74 Å². The van der Waals surface area contributed by atoms with E-state index in [0.717, 1.165) is 22.4 Å². The molecule has 0 spiro atoms. The number of rotatable bonds is 3. The lowest BCUT2D eigenvalue weighted by Crippen LogP contribution is -1.92. The molecule has 3 aromatic rings. The molecule has 0 aliphatic heterocycles. The van der Waals surface area contributed by atoms with E-state index in [1.54, 1.807) is 7.11 Å². The fourth-order valence-electron chi connectivity index (χ4n) is 2.67. The number of methoxy groups -OCH3 is 1. The third-order valence-electron chi connectivity index (χ3n) is 3.84. The van der Waals surface area contributed by atoms with Gasteiger partial charge in [0, 0.05) is 11.8 Å². The van der Waals surface area contributed by atoms with Crippen LogP contribution in [0.3, 0.4) is 0 Å². The second kappa shape index (κ2) is 6.02. The Bertz CT molecular complexity index is 849. The van der Waals surface area contributed by atoms with Crippen LogP contribution in [0.25, 0.3) is 10.8 Å². The van der Waals surface area contributed by atoms with Crippen LogP contribution in [-0.2, 0) is 0 Å². The van der Waals surface area contributed by atoms with Gasteiger partial charge in [-0.2, -0.15) is 0 Å². The molecule has 22 heavy (non-hydrogen) atoms. The van der Waals surface area contributed by atoms with Crippen molar-refractivity contribution in [3.63, 3.8) is 0 Å². The third-order valence-corrected chi connectivity index (χ3v) is 3.84. The SMILES string of the molecule is COc1ccc2ccccc2c1C=Nc1ccc(C)cc1C. The van der Waals surface area contributed by atoms with E-state index < -0.39 is 0 Å². The zero-order chi connectivity index (χ0) is 15.5. The Balaban J connectivity index is 2.11. The fourth-order valence-corrected chi connectivity index (χ4v) is 2.67. The van der Waals surface area contributed by atoms with Gasteiger partial charge in [-0.3, -0.25) is 4.99 Å². The minimum atomic E-state index is 0.840. The molecule has 3 aromatic carbocycles. The molecule has 0 atom stereocenters. The summed E-state index contributed by atoms with van der Waals surface area (Å²) in [4.78, 5) is 4.67. The summed E-state index contributed by atoms with van der Waals surface area (Å²) in [7, 11) is 1.69. The quantitative estimate of drug-likeness (QED) is 0.606. The monoisotopic (exact) mass is 289 g/mol. The summed E-state index contributed by atoms with van der Waals surface area (Å²) in [6.45, 7) is 4.17. The highest BCUT2D eigenvalue weighted by atomic mass is 16.5. The van der Waals surface area contributed by atoms with Crippen molar-refractivity contribution in [3.8, 4) is 5.75 Å². The van der Waals surface area contributed by atoms with Crippen molar-refractivity contribution in [1.29, 1.82) is 0 Å². The van der Waals surface area contributed by atoms with Crippen molar-refractivity contribution in [1.82, 2.24) is 0 Å². The lowest BCUT2D eigenvalue weighted by molar-refractivity contribution is 0.415. The van der Waals surface area contributed by atoms with Crippen LogP contribution in [0.15, 0.2) is 59.6 Å². The standard InChI is InChI=1S/C20H19NO/c1-14-8-10-19(15(2)12-14)21-13-18-17-7-5-4-6-16(17)9-11-20(18)22-3/h4-13H,1-3H3. The summed E-state index contributed by atoms with van der Waals surface area (Å²) in [5.74, 6) is 0.840. The number of nitrogens with zero attached hydrogens (tertiary/aromatic N) is 1. The van der Waals surface area contributed by atoms with Crippen LogP contribution < -0.4 is 4.74 Å². The van der Waals surface area contributed by atoms with Crippen molar-refractivity contribution >= 4 is 22.7 Å². The Morgan fingerprint density at radius 1 is 0.955 bits per heavy atom. The van der Waals surface area contributed by atoms with Gasteiger partial charge >= 0.3 is 0 Å². The zero-order valence-electron chi connectivity index (χ0n) is 13.1. The molecule has 110 valence electrons. The molecule has 3 rings (SSSR count). The second-order valence-corrected chi connectivity index (χ2v) is 5.45. The highest BCUT2D eigenvalue weighted by Gasteiger charge is 2.06. The molecule has 0 heterocycles. The number of hydrogen-bond acceptors (Lipinski definition) is 2. The first kappa shape index (κ1) is 14.3. The number of aryl methyl sites for hydroxylation is 2. The summed E-state index contributed by atoms with van der Waals surface area (Å²) >= 11 is 0. The van der Waals surface area contributed by atoms with Gasteiger partial charge in [0.25, 0.3) is 0 Å². The Labute approximate surface area is 131 Å². The van der Waals surface area contributed by atoms with Gasteiger partial charge in [0.15, 0.2) is 0 Å². The molecule has 0 aliphatic carbocycles. The molecule has 0 amide bonds. The van der Waals surface area contributed by atoms with Crippen molar-refractivity contribution in [2.24, 2.45) is 4.99 Å². The molecule has 0 aliphatic rings. The van der Waals surface area contributed by atoms with Crippen LogP contribution in [0, 0.1) is 13.8 Å². The van der Waals surface area contributed by atoms with Crippen LogP contribution >= 0.6 is 0 Å². The van der Waals surface area contributed by atoms with Gasteiger partial charge in [-0.1, -0.05) is 48.0 Å². The highest BCUT2D eigenvalue weighted by molar-refractivity contribution is 6.03. The summed E-state index contributed by atoms with van der Waals surface area (Å²) in [5, 5.41) is 2.33. The summed E-state index contributed by atoms with van der Waals surface area (Å²) in [6.07, 6.45) is 1.90. The molecule has 0 aromatic heterocycles. The minimum absolute atomic E-state index is 0.840. The highest BCUT2D eigenvalue weighted by Crippen LogP contribution is 2.27. The van der Waals surface area contributed by atoms with Crippen LogP contribution in [-0.4, -0.2) is 13.3 Å². The van der Waals surface area contributed by atoms with Crippen LogP contribution in [0.4, 0.5) is 5.69 Å². The average molecular weight is 289 g/mol. The van der Waals surface area contributed by atoms with Gasteiger partial charge in [0.05, 0.1) is 12.8 Å². The predicted molar refractivity (Wildman–Crippen MR) is 93.7 cm³/mol. The van der Waals surface area contributed by atoms with E-state index >= 15 is 0 Å². The van der Waals surface area contributed by atoms with E-state index in [2.05, 4.69) is 55.2 Å². The first-order chi connectivity index (χ1) is 10.7. The van der Waals surface area contributed by atoms with Crippen LogP contribution in [0.5, 0.6) is 5.75 Å². The number of hydrogen-bond donors (Lipinski definition) is 0. The first-order valence-electron chi connectivity index (χ1n) is 7.36. The smallest absolute Gasteiger partial charge is 0.128 e. The van der Waals surface area contributed by atoms with Gasteiger partial charge in [-0.05, 0) is 42.3 Å². The van der Waals surface area contributed by atoms with E-state index in [4.69, 9.17) is 4.74 Å². The molecular weight excluding hydrogens is 270 g/mol. The average Bonchev–Trinajstić information content (AvgIpc) is 2.53. The topological polar surface area (TPSA) is 21.6 Å². The maximum Gasteiger partial charge on any atom is 0.128 e. The maximum absolute atomic E-state index is 5.50. The molecule has 0 saturated heterocycles. The normalized spacial score (nSPS) is 11.2. The largest absolute Gasteiger partial charge is 0.496 e. The lowest BCUT2D eigenvalue weighted by Gasteiger charge is -2.08. The Morgan fingerprint density at radius 2 is 1.77 bits per heavy atom. The van der Waals surface area contributed by atoms with Crippen molar-refractivity contribution in [2.75, 3.05) is 7.11 Å². The lowest BCUT2D eigenvalue weighted by atomic mass is 10.0. The number of fused-ring (bicyclic) bond motifs is 1. The molecule has 0 unspecified atom stereocenters. The van der Waals surface area contributed by atoms with Crippen LogP contribution in [0.2, 0.25) is 0 Å². The maximum atomic E-state index is 5.50. The third kappa shape index (κ3) is 2.73. The molecule has 0 bridgehead atoms. The predicted octanol–water partition coefficient (Wildman–Crippen LogP) is 5.22. The number of benzene rings is 3. The van der Waals surface area contributed by atoms with E-state index in [1.165, 1.54) is 16.5 Å². The number of aliphatic imine (C=N–C) groups is 1. The molecule has 0 N–H and O–H groups in total. The first-order valence-corrected chi connectivity index (χ1v) is 7.36.